The van der Waals surface area contributed by atoms with Gasteiger partial charge in [0.15, 0.2) is 9.84 Å². The van der Waals surface area contributed by atoms with Gasteiger partial charge in [0.1, 0.15) is 16.1 Å². The van der Waals surface area contributed by atoms with Crippen LogP contribution in [-0.2, 0) is 9.84 Å². The van der Waals surface area contributed by atoms with Crippen LogP contribution in [0.4, 0.5) is 0 Å². The molecule has 88 valence electrons. The zero-order valence-electron chi connectivity index (χ0n) is 8.57. The van der Waals surface area contributed by atoms with Crippen LogP contribution in [0.2, 0.25) is 10.3 Å². The first-order valence-electron chi connectivity index (χ1n) is 4.79. The van der Waals surface area contributed by atoms with Gasteiger partial charge in [-0.05, 0) is 13.3 Å². The molecule has 2 heterocycles. The van der Waals surface area contributed by atoms with E-state index in [1.54, 1.807) is 6.92 Å². The lowest BCUT2D eigenvalue weighted by molar-refractivity contribution is 0.601. The predicted molar refractivity (Wildman–Crippen MR) is 62.8 cm³/mol. The van der Waals surface area contributed by atoms with Crippen molar-refractivity contribution in [1.82, 2.24) is 9.97 Å². The summed E-state index contributed by atoms with van der Waals surface area (Å²) in [5, 5.41) is 0.582. The predicted octanol–water partition coefficient (Wildman–Crippen LogP) is 1.99. The third-order valence-corrected chi connectivity index (χ3v) is 5.15. The summed E-state index contributed by atoms with van der Waals surface area (Å²) in [5.41, 5.74) is 0.618. The Balaban J connectivity index is 2.36. The minimum atomic E-state index is -2.95. The van der Waals surface area contributed by atoms with Crippen LogP contribution in [0, 0.1) is 6.92 Å². The van der Waals surface area contributed by atoms with E-state index in [0.717, 1.165) is 0 Å². The molecule has 0 aliphatic carbocycles. The number of rotatable bonds is 1. The van der Waals surface area contributed by atoms with E-state index in [2.05, 4.69) is 9.97 Å². The zero-order valence-corrected chi connectivity index (χ0v) is 10.9. The Hall–Kier alpha value is -0.390. The van der Waals surface area contributed by atoms with E-state index in [9.17, 15) is 8.42 Å². The van der Waals surface area contributed by atoms with Gasteiger partial charge in [0.25, 0.3) is 0 Å². The highest BCUT2D eigenvalue weighted by molar-refractivity contribution is 7.91. The van der Waals surface area contributed by atoms with Crippen LogP contribution in [0.5, 0.6) is 0 Å². The number of hydrogen-bond acceptors (Lipinski definition) is 4. The molecule has 1 atom stereocenters. The molecule has 4 nitrogen and oxygen atoms in total. The van der Waals surface area contributed by atoms with Gasteiger partial charge in [0.2, 0.25) is 0 Å². The summed E-state index contributed by atoms with van der Waals surface area (Å²) in [7, 11) is -2.95. The van der Waals surface area contributed by atoms with Crippen molar-refractivity contribution < 1.29 is 8.42 Å². The average molecular weight is 281 g/mol. The molecular formula is C9H10Cl2N2O2S. The molecule has 1 aromatic heterocycles. The molecule has 0 bridgehead atoms. The van der Waals surface area contributed by atoms with Crippen LogP contribution in [0.3, 0.4) is 0 Å². The van der Waals surface area contributed by atoms with Crippen molar-refractivity contribution in [2.24, 2.45) is 0 Å². The van der Waals surface area contributed by atoms with E-state index < -0.39 is 9.84 Å². The molecule has 0 amide bonds. The fourth-order valence-corrected chi connectivity index (χ4v) is 3.80. The maximum Gasteiger partial charge on any atom is 0.151 e. The van der Waals surface area contributed by atoms with Gasteiger partial charge >= 0.3 is 0 Å². The second-order valence-corrected chi connectivity index (χ2v) is 6.83. The van der Waals surface area contributed by atoms with Gasteiger partial charge in [0, 0.05) is 11.5 Å². The second-order valence-electron chi connectivity index (χ2n) is 3.89. The summed E-state index contributed by atoms with van der Waals surface area (Å²) in [6.45, 7) is 1.72. The molecule has 0 saturated carbocycles. The lowest BCUT2D eigenvalue weighted by atomic mass is 10.1. The lowest BCUT2D eigenvalue weighted by Gasteiger charge is -2.08. The summed E-state index contributed by atoms with van der Waals surface area (Å²) >= 11 is 11.8. The van der Waals surface area contributed by atoms with Crippen LogP contribution < -0.4 is 0 Å². The molecule has 0 aromatic carbocycles. The Morgan fingerprint density at radius 2 is 1.81 bits per heavy atom. The number of nitrogens with zero attached hydrogens (tertiary/aromatic N) is 2. The summed E-state index contributed by atoms with van der Waals surface area (Å²) in [4.78, 5) is 8.17. The molecule has 2 rings (SSSR count). The number of halogens is 2. The highest BCUT2D eigenvalue weighted by atomic mass is 35.5. The van der Waals surface area contributed by atoms with Gasteiger partial charge in [-0.2, -0.15) is 0 Å². The van der Waals surface area contributed by atoms with Crippen molar-refractivity contribution in [2.75, 3.05) is 11.5 Å². The monoisotopic (exact) mass is 280 g/mol. The van der Waals surface area contributed by atoms with Gasteiger partial charge in [-0.15, -0.1) is 0 Å². The number of aromatic nitrogens is 2. The fraction of sp³-hybridized carbons (Fsp3) is 0.556. The first kappa shape index (κ1) is 12.1. The van der Waals surface area contributed by atoms with Crippen molar-refractivity contribution in [2.45, 2.75) is 19.3 Å². The molecule has 16 heavy (non-hydrogen) atoms. The topological polar surface area (TPSA) is 59.9 Å². The minimum Gasteiger partial charge on any atom is -0.229 e. The molecule has 0 radical (unpaired) electrons. The van der Waals surface area contributed by atoms with E-state index in [-0.39, 0.29) is 17.4 Å². The van der Waals surface area contributed by atoms with E-state index in [1.807, 2.05) is 0 Å². The maximum absolute atomic E-state index is 11.3. The number of sulfone groups is 1. The Kier molecular flexibility index (Phi) is 3.11. The van der Waals surface area contributed by atoms with Crippen LogP contribution >= 0.6 is 23.2 Å². The van der Waals surface area contributed by atoms with Gasteiger partial charge in [-0.25, -0.2) is 18.4 Å². The normalized spacial score (nSPS) is 23.6. The molecule has 1 saturated heterocycles. The molecule has 1 fully saturated rings. The molecule has 0 N–H and O–H groups in total. The highest BCUT2D eigenvalue weighted by Gasteiger charge is 2.31. The van der Waals surface area contributed by atoms with Crippen LogP contribution in [0.25, 0.3) is 0 Å². The summed E-state index contributed by atoms with van der Waals surface area (Å²) in [5.74, 6) is 0.523. The first-order valence-corrected chi connectivity index (χ1v) is 7.37. The van der Waals surface area contributed by atoms with Gasteiger partial charge < -0.3 is 0 Å². The molecule has 7 heteroatoms. The van der Waals surface area contributed by atoms with Crippen molar-refractivity contribution in [3.05, 3.63) is 21.7 Å². The smallest absolute Gasteiger partial charge is 0.151 e. The molecule has 1 aliphatic heterocycles. The lowest BCUT2D eigenvalue weighted by Crippen LogP contribution is -2.08. The van der Waals surface area contributed by atoms with Crippen molar-refractivity contribution in [3.63, 3.8) is 0 Å². The standard InChI is InChI=1S/C9H10Cl2N2O2S/c1-5-7(10)12-9(13-8(5)11)6-2-3-16(14,15)4-6/h6H,2-4H2,1H3. The van der Waals surface area contributed by atoms with E-state index in [0.29, 0.717) is 28.1 Å². The van der Waals surface area contributed by atoms with Crippen LogP contribution in [-0.4, -0.2) is 29.9 Å². The third-order valence-electron chi connectivity index (χ3n) is 2.64. The largest absolute Gasteiger partial charge is 0.229 e. The molecule has 0 spiro atoms. The fourth-order valence-electron chi connectivity index (χ4n) is 1.66. The zero-order chi connectivity index (χ0) is 11.9. The molecule has 1 aromatic rings. The van der Waals surface area contributed by atoms with Crippen molar-refractivity contribution in [3.8, 4) is 0 Å². The van der Waals surface area contributed by atoms with E-state index >= 15 is 0 Å². The number of hydrogen-bond donors (Lipinski definition) is 0. The highest BCUT2D eigenvalue weighted by Crippen LogP contribution is 2.29. The van der Waals surface area contributed by atoms with Crippen molar-refractivity contribution >= 4 is 33.0 Å². The Bertz CT molecular complexity index is 507. The van der Waals surface area contributed by atoms with Gasteiger partial charge in [0.05, 0.1) is 11.5 Å². The van der Waals surface area contributed by atoms with Crippen molar-refractivity contribution in [1.29, 1.82) is 0 Å². The molecule has 1 aliphatic rings. The average Bonchev–Trinajstić information content (AvgIpc) is 2.54. The Labute approximate surface area is 104 Å². The molecular weight excluding hydrogens is 271 g/mol. The maximum atomic E-state index is 11.3. The minimum absolute atomic E-state index is 0.0860. The summed E-state index contributed by atoms with van der Waals surface area (Å²) < 4.78 is 22.7. The second kappa shape index (κ2) is 4.13. The Morgan fingerprint density at radius 3 is 2.25 bits per heavy atom. The summed E-state index contributed by atoms with van der Waals surface area (Å²) in [6.07, 6.45) is 0.540. The van der Waals surface area contributed by atoms with Gasteiger partial charge in [-0.1, -0.05) is 23.2 Å². The van der Waals surface area contributed by atoms with Gasteiger partial charge in [-0.3, -0.25) is 0 Å². The summed E-state index contributed by atoms with van der Waals surface area (Å²) in [6, 6.07) is 0. The van der Waals surface area contributed by atoms with Crippen LogP contribution in [0.15, 0.2) is 0 Å². The first-order chi connectivity index (χ1) is 7.39. The Morgan fingerprint density at radius 1 is 1.25 bits per heavy atom. The third kappa shape index (κ3) is 2.31. The SMILES string of the molecule is Cc1c(Cl)nc(C2CCS(=O)(=O)C2)nc1Cl. The van der Waals surface area contributed by atoms with E-state index in [4.69, 9.17) is 23.2 Å². The van der Waals surface area contributed by atoms with E-state index in [1.165, 1.54) is 0 Å². The quantitative estimate of drug-likeness (QED) is 0.739. The molecule has 1 unspecified atom stereocenters. The van der Waals surface area contributed by atoms with Crippen LogP contribution in [0.1, 0.15) is 23.7 Å².